The van der Waals surface area contributed by atoms with E-state index in [1.807, 2.05) is 27.7 Å². The van der Waals surface area contributed by atoms with Crippen LogP contribution in [0.2, 0.25) is 0 Å². The highest BCUT2D eigenvalue weighted by Gasteiger charge is 2.36. The quantitative estimate of drug-likeness (QED) is 0.731. The lowest BCUT2D eigenvalue weighted by Crippen LogP contribution is -2.46. The first-order valence-corrected chi connectivity index (χ1v) is 10.0. The largest absolute Gasteiger partial charge is 0.304 e. The molecule has 2 rings (SSSR count). The highest BCUT2D eigenvalue weighted by Crippen LogP contribution is 2.41. The van der Waals surface area contributed by atoms with E-state index in [2.05, 4.69) is 16.7 Å². The molecule has 2 heterocycles. The molecule has 136 valence electrons. The number of hydrogen-bond acceptors (Lipinski definition) is 3. The summed E-state index contributed by atoms with van der Waals surface area (Å²) in [6.45, 7) is 17.7. The van der Waals surface area contributed by atoms with E-state index in [1.165, 1.54) is 58.4 Å². The van der Waals surface area contributed by atoms with E-state index < -0.39 is 0 Å². The summed E-state index contributed by atoms with van der Waals surface area (Å²) in [5, 5.41) is 0. The number of nitrogens with zero attached hydrogens (tertiary/aromatic N) is 2. The van der Waals surface area contributed by atoms with Crippen LogP contribution in [-0.4, -0.2) is 54.9 Å². The first-order valence-electron chi connectivity index (χ1n) is 10.0. The molecule has 2 saturated heterocycles. The molecule has 0 aromatic heterocycles. The van der Waals surface area contributed by atoms with Crippen LogP contribution in [0.15, 0.2) is 0 Å². The number of ketones is 1. The molecule has 0 amide bonds. The monoisotopic (exact) mass is 324 g/mol. The number of likely N-dealkylation sites (tertiary alicyclic amines) is 2. The fourth-order valence-electron chi connectivity index (χ4n) is 3.86. The summed E-state index contributed by atoms with van der Waals surface area (Å²) in [6, 6.07) is 0. The average molecular weight is 325 g/mol. The van der Waals surface area contributed by atoms with Crippen LogP contribution >= 0.6 is 0 Å². The van der Waals surface area contributed by atoms with Gasteiger partial charge < -0.3 is 9.80 Å². The van der Waals surface area contributed by atoms with E-state index in [0.717, 1.165) is 19.4 Å². The molecular formula is C20H40N2O. The Hall–Kier alpha value is -0.410. The second kappa shape index (κ2) is 10.5. The Balaban J connectivity index is 0.00000127. The van der Waals surface area contributed by atoms with Crippen molar-refractivity contribution in [1.29, 1.82) is 0 Å². The van der Waals surface area contributed by atoms with Gasteiger partial charge in [-0.05, 0) is 76.8 Å². The Morgan fingerprint density at radius 1 is 0.957 bits per heavy atom. The Morgan fingerprint density at radius 2 is 1.43 bits per heavy atom. The van der Waals surface area contributed by atoms with Crippen LogP contribution in [-0.2, 0) is 4.79 Å². The molecule has 23 heavy (non-hydrogen) atoms. The molecular weight excluding hydrogens is 284 g/mol. The standard InChI is InChI=1S/C18H34N2O.C2H6/c1-4-19-12-7-18(8-13-19)9-14-20(15-10-18)11-5-6-17(21)16(2)3;1-2/h16H,4-15H2,1-3H3;1-2H3. The predicted molar refractivity (Wildman–Crippen MR) is 99.9 cm³/mol. The molecule has 0 bridgehead atoms. The van der Waals surface area contributed by atoms with Crippen LogP contribution in [0.4, 0.5) is 0 Å². The van der Waals surface area contributed by atoms with Crippen LogP contribution < -0.4 is 0 Å². The minimum Gasteiger partial charge on any atom is -0.304 e. The number of hydrogen-bond donors (Lipinski definition) is 0. The molecule has 2 fully saturated rings. The van der Waals surface area contributed by atoms with Crippen LogP contribution in [0.1, 0.15) is 73.1 Å². The van der Waals surface area contributed by atoms with Crippen LogP contribution in [0.3, 0.4) is 0 Å². The molecule has 0 unspecified atom stereocenters. The summed E-state index contributed by atoms with van der Waals surface area (Å²) in [4.78, 5) is 16.8. The van der Waals surface area contributed by atoms with Crippen molar-refractivity contribution >= 4 is 5.78 Å². The zero-order chi connectivity index (χ0) is 17.3. The molecule has 3 nitrogen and oxygen atoms in total. The van der Waals surface area contributed by atoms with Gasteiger partial charge in [-0.15, -0.1) is 0 Å². The summed E-state index contributed by atoms with van der Waals surface area (Å²) in [5.74, 6) is 0.633. The molecule has 0 saturated carbocycles. The van der Waals surface area contributed by atoms with Crippen LogP contribution in [0, 0.1) is 11.3 Å². The van der Waals surface area contributed by atoms with E-state index in [1.54, 1.807) is 0 Å². The number of rotatable bonds is 6. The molecule has 1 spiro atoms. The summed E-state index contributed by atoms with van der Waals surface area (Å²) >= 11 is 0. The minimum atomic E-state index is 0.207. The molecule has 0 aromatic rings. The van der Waals surface area contributed by atoms with Gasteiger partial charge in [0, 0.05) is 12.3 Å². The van der Waals surface area contributed by atoms with Gasteiger partial charge in [-0.1, -0.05) is 34.6 Å². The topological polar surface area (TPSA) is 23.6 Å². The highest BCUT2D eigenvalue weighted by molar-refractivity contribution is 5.80. The number of carbonyl (C=O) groups is 1. The first-order chi connectivity index (χ1) is 11.0. The number of piperidine rings is 2. The van der Waals surface area contributed by atoms with Crippen molar-refractivity contribution in [1.82, 2.24) is 9.80 Å². The molecule has 0 N–H and O–H groups in total. The summed E-state index contributed by atoms with van der Waals surface area (Å²) in [7, 11) is 0. The van der Waals surface area contributed by atoms with E-state index >= 15 is 0 Å². The van der Waals surface area contributed by atoms with Gasteiger partial charge in [0.1, 0.15) is 5.78 Å². The summed E-state index contributed by atoms with van der Waals surface area (Å²) < 4.78 is 0. The summed E-state index contributed by atoms with van der Waals surface area (Å²) in [6.07, 6.45) is 7.38. The van der Waals surface area contributed by atoms with E-state index in [0.29, 0.717) is 11.2 Å². The number of Topliss-reactive ketones (excluding diaryl/α,β-unsaturated/α-hetero) is 1. The lowest BCUT2D eigenvalue weighted by molar-refractivity contribution is -0.122. The molecule has 2 aliphatic heterocycles. The van der Waals surface area contributed by atoms with Crippen molar-refractivity contribution in [2.24, 2.45) is 11.3 Å². The Labute approximate surface area is 144 Å². The second-order valence-corrected chi connectivity index (χ2v) is 7.50. The predicted octanol–water partition coefficient (Wildman–Crippen LogP) is 4.22. The molecule has 3 heteroatoms. The molecule has 0 radical (unpaired) electrons. The SMILES string of the molecule is CC.CCN1CCC2(CC1)CCN(CCCC(=O)C(C)C)CC2. The van der Waals surface area contributed by atoms with Gasteiger partial charge >= 0.3 is 0 Å². The molecule has 0 aromatic carbocycles. The third kappa shape index (κ3) is 6.54. The maximum Gasteiger partial charge on any atom is 0.135 e. The lowest BCUT2D eigenvalue weighted by Gasteiger charge is -2.46. The Morgan fingerprint density at radius 3 is 1.87 bits per heavy atom. The second-order valence-electron chi connectivity index (χ2n) is 7.50. The highest BCUT2D eigenvalue weighted by atomic mass is 16.1. The lowest BCUT2D eigenvalue weighted by atomic mass is 9.71. The normalized spacial score (nSPS) is 22.0. The van der Waals surface area contributed by atoms with Crippen molar-refractivity contribution in [2.45, 2.75) is 73.1 Å². The molecule has 0 aliphatic carbocycles. The molecule has 2 aliphatic rings. The zero-order valence-electron chi connectivity index (χ0n) is 16.4. The van der Waals surface area contributed by atoms with Gasteiger partial charge in [0.25, 0.3) is 0 Å². The van der Waals surface area contributed by atoms with E-state index in [-0.39, 0.29) is 5.92 Å². The Kier molecular flexibility index (Phi) is 9.38. The fourth-order valence-corrected chi connectivity index (χ4v) is 3.86. The Bertz CT molecular complexity index is 323. The van der Waals surface area contributed by atoms with Crippen LogP contribution in [0.5, 0.6) is 0 Å². The van der Waals surface area contributed by atoms with E-state index in [4.69, 9.17) is 0 Å². The average Bonchev–Trinajstić information content (AvgIpc) is 2.59. The fraction of sp³-hybridized carbons (Fsp3) is 0.950. The number of carbonyl (C=O) groups excluding carboxylic acids is 1. The smallest absolute Gasteiger partial charge is 0.135 e. The third-order valence-electron chi connectivity index (χ3n) is 5.82. The van der Waals surface area contributed by atoms with Crippen molar-refractivity contribution in [2.75, 3.05) is 39.3 Å². The van der Waals surface area contributed by atoms with Gasteiger partial charge in [0.2, 0.25) is 0 Å². The van der Waals surface area contributed by atoms with Crippen molar-refractivity contribution in [3.05, 3.63) is 0 Å². The van der Waals surface area contributed by atoms with Gasteiger partial charge in [-0.3, -0.25) is 4.79 Å². The van der Waals surface area contributed by atoms with Crippen molar-refractivity contribution in [3.63, 3.8) is 0 Å². The van der Waals surface area contributed by atoms with Gasteiger partial charge in [-0.2, -0.15) is 0 Å². The first kappa shape index (κ1) is 20.6. The van der Waals surface area contributed by atoms with Crippen LogP contribution in [0.25, 0.3) is 0 Å². The zero-order valence-corrected chi connectivity index (χ0v) is 16.4. The van der Waals surface area contributed by atoms with Crippen molar-refractivity contribution < 1.29 is 4.79 Å². The maximum absolute atomic E-state index is 11.7. The van der Waals surface area contributed by atoms with Gasteiger partial charge in [0.05, 0.1) is 0 Å². The van der Waals surface area contributed by atoms with E-state index in [9.17, 15) is 4.79 Å². The van der Waals surface area contributed by atoms with Crippen molar-refractivity contribution in [3.8, 4) is 0 Å². The third-order valence-corrected chi connectivity index (χ3v) is 5.82. The maximum atomic E-state index is 11.7. The molecule has 0 atom stereocenters. The minimum absolute atomic E-state index is 0.207. The van der Waals surface area contributed by atoms with Gasteiger partial charge in [-0.25, -0.2) is 0 Å². The summed E-state index contributed by atoms with van der Waals surface area (Å²) in [5.41, 5.74) is 0.649. The van der Waals surface area contributed by atoms with Gasteiger partial charge in [0.15, 0.2) is 0 Å².